The number of likely N-dealkylation sites (N-methyl/N-ethyl adjacent to an activating group) is 1. The van der Waals surface area contributed by atoms with E-state index in [1.54, 1.807) is 11.5 Å². The maximum absolute atomic E-state index is 12.3. The molecule has 0 fully saturated rings. The monoisotopic (exact) mass is 276 g/mol. The molecule has 0 aliphatic heterocycles. The van der Waals surface area contributed by atoms with Crippen LogP contribution in [0.5, 0.6) is 5.75 Å². The van der Waals surface area contributed by atoms with Gasteiger partial charge in [0.05, 0.1) is 12.8 Å². The Kier molecular flexibility index (Phi) is 4.24. The van der Waals surface area contributed by atoms with E-state index < -0.39 is 0 Å². The van der Waals surface area contributed by atoms with Crippen LogP contribution < -0.4 is 10.1 Å². The number of fused-ring (bicyclic) bond motifs is 1. The summed E-state index contributed by atoms with van der Waals surface area (Å²) in [5.74, 6) is 0.535. The van der Waals surface area contributed by atoms with Gasteiger partial charge in [-0.05, 0) is 33.2 Å². The van der Waals surface area contributed by atoms with Crippen molar-refractivity contribution in [3.8, 4) is 5.75 Å². The summed E-state index contributed by atoms with van der Waals surface area (Å²) < 4.78 is 7.03. The van der Waals surface area contributed by atoms with E-state index in [1.165, 1.54) is 0 Å². The van der Waals surface area contributed by atoms with Gasteiger partial charge in [-0.1, -0.05) is 0 Å². The van der Waals surface area contributed by atoms with Gasteiger partial charge in [0.15, 0.2) is 11.4 Å². The number of pyridine rings is 1. The Morgan fingerprint density at radius 2 is 2.25 bits per heavy atom. The maximum Gasteiger partial charge on any atom is 0.270 e. The van der Waals surface area contributed by atoms with Crippen LogP contribution in [-0.2, 0) is 0 Å². The SMILES string of the molecule is COc1cccn2c(C(=O)NCCN(C)C)c(C)nc12. The molecule has 0 saturated carbocycles. The molecule has 2 heterocycles. The van der Waals surface area contributed by atoms with E-state index in [0.29, 0.717) is 29.3 Å². The molecule has 2 aromatic rings. The summed E-state index contributed by atoms with van der Waals surface area (Å²) in [4.78, 5) is 18.7. The summed E-state index contributed by atoms with van der Waals surface area (Å²) in [7, 11) is 5.53. The van der Waals surface area contributed by atoms with Crippen LogP contribution in [0.4, 0.5) is 0 Å². The fraction of sp³-hybridized carbons (Fsp3) is 0.429. The molecule has 0 aliphatic rings. The van der Waals surface area contributed by atoms with Crippen molar-refractivity contribution < 1.29 is 9.53 Å². The average Bonchev–Trinajstić information content (AvgIpc) is 2.73. The Balaban J connectivity index is 2.30. The van der Waals surface area contributed by atoms with E-state index in [-0.39, 0.29) is 5.91 Å². The summed E-state index contributed by atoms with van der Waals surface area (Å²) in [6.07, 6.45) is 1.82. The number of ether oxygens (including phenoxy) is 1. The predicted molar refractivity (Wildman–Crippen MR) is 77.4 cm³/mol. The lowest BCUT2D eigenvalue weighted by Gasteiger charge is -2.10. The molecule has 0 aliphatic carbocycles. The highest BCUT2D eigenvalue weighted by Crippen LogP contribution is 2.21. The second kappa shape index (κ2) is 5.92. The van der Waals surface area contributed by atoms with Crippen molar-refractivity contribution in [1.82, 2.24) is 19.6 Å². The highest BCUT2D eigenvalue weighted by atomic mass is 16.5. The van der Waals surface area contributed by atoms with Gasteiger partial charge in [-0.2, -0.15) is 0 Å². The smallest absolute Gasteiger partial charge is 0.270 e. The second-order valence-electron chi connectivity index (χ2n) is 4.88. The standard InChI is InChI=1S/C14H20N4O2/c1-10-12(14(19)15-7-9-17(2)3)18-8-5-6-11(20-4)13(18)16-10/h5-6,8H,7,9H2,1-4H3,(H,15,19). The first-order valence-corrected chi connectivity index (χ1v) is 6.49. The number of rotatable bonds is 5. The van der Waals surface area contributed by atoms with Crippen LogP contribution in [0.3, 0.4) is 0 Å². The number of hydrogen-bond donors (Lipinski definition) is 1. The molecule has 0 atom stereocenters. The van der Waals surface area contributed by atoms with Crippen molar-refractivity contribution in [3.63, 3.8) is 0 Å². The molecule has 6 nitrogen and oxygen atoms in total. The molecule has 0 bridgehead atoms. The minimum absolute atomic E-state index is 0.120. The quantitative estimate of drug-likeness (QED) is 0.883. The number of methoxy groups -OCH3 is 1. The zero-order valence-corrected chi connectivity index (χ0v) is 12.3. The largest absolute Gasteiger partial charge is 0.493 e. The summed E-state index contributed by atoms with van der Waals surface area (Å²) in [5.41, 5.74) is 1.90. The molecule has 0 saturated heterocycles. The van der Waals surface area contributed by atoms with Crippen molar-refractivity contribution in [2.75, 3.05) is 34.3 Å². The highest BCUT2D eigenvalue weighted by molar-refractivity contribution is 5.94. The zero-order valence-electron chi connectivity index (χ0n) is 12.3. The average molecular weight is 276 g/mol. The normalized spacial score (nSPS) is 11.1. The molecule has 0 radical (unpaired) electrons. The van der Waals surface area contributed by atoms with Crippen LogP contribution in [0.25, 0.3) is 5.65 Å². The van der Waals surface area contributed by atoms with Crippen molar-refractivity contribution in [2.24, 2.45) is 0 Å². The molecule has 2 aromatic heterocycles. The number of amides is 1. The first-order chi connectivity index (χ1) is 9.54. The number of aryl methyl sites for hydroxylation is 1. The van der Waals surface area contributed by atoms with Crippen molar-refractivity contribution in [2.45, 2.75) is 6.92 Å². The lowest BCUT2D eigenvalue weighted by atomic mass is 10.3. The third kappa shape index (κ3) is 2.75. The van der Waals surface area contributed by atoms with Crippen LogP contribution in [0, 0.1) is 6.92 Å². The highest BCUT2D eigenvalue weighted by Gasteiger charge is 2.18. The number of nitrogens with zero attached hydrogens (tertiary/aromatic N) is 3. The summed E-state index contributed by atoms with van der Waals surface area (Å²) in [6, 6.07) is 3.67. The van der Waals surface area contributed by atoms with Crippen LogP contribution >= 0.6 is 0 Å². The van der Waals surface area contributed by atoms with E-state index >= 15 is 0 Å². The van der Waals surface area contributed by atoms with Crippen molar-refractivity contribution in [1.29, 1.82) is 0 Å². The van der Waals surface area contributed by atoms with Crippen LogP contribution in [0.2, 0.25) is 0 Å². The predicted octanol–water partition coefficient (Wildman–Crippen LogP) is 0.943. The summed E-state index contributed by atoms with van der Waals surface area (Å²) >= 11 is 0. The van der Waals surface area contributed by atoms with Crippen LogP contribution in [0.15, 0.2) is 18.3 Å². The van der Waals surface area contributed by atoms with Crippen molar-refractivity contribution >= 4 is 11.6 Å². The van der Waals surface area contributed by atoms with Crippen molar-refractivity contribution in [3.05, 3.63) is 29.7 Å². The zero-order chi connectivity index (χ0) is 14.7. The van der Waals surface area contributed by atoms with Gasteiger partial charge in [0.1, 0.15) is 5.69 Å². The lowest BCUT2D eigenvalue weighted by Crippen LogP contribution is -2.32. The number of nitrogens with one attached hydrogen (secondary N) is 1. The van der Waals surface area contributed by atoms with E-state index in [9.17, 15) is 4.79 Å². The third-order valence-electron chi connectivity index (χ3n) is 3.07. The molecular weight excluding hydrogens is 256 g/mol. The molecule has 108 valence electrons. The molecule has 0 aromatic carbocycles. The Bertz CT molecular complexity index is 619. The van der Waals surface area contributed by atoms with Gasteiger partial charge >= 0.3 is 0 Å². The van der Waals surface area contributed by atoms with E-state index in [1.807, 2.05) is 44.2 Å². The van der Waals surface area contributed by atoms with E-state index in [0.717, 1.165) is 6.54 Å². The van der Waals surface area contributed by atoms with Gasteiger partial charge in [-0.15, -0.1) is 0 Å². The topological polar surface area (TPSA) is 58.9 Å². The van der Waals surface area contributed by atoms with Gasteiger partial charge in [0.2, 0.25) is 0 Å². The fourth-order valence-electron chi connectivity index (χ4n) is 2.07. The molecule has 0 unspecified atom stereocenters. The van der Waals surface area contributed by atoms with Gasteiger partial charge in [-0.25, -0.2) is 4.98 Å². The first-order valence-electron chi connectivity index (χ1n) is 6.49. The van der Waals surface area contributed by atoms with Gasteiger partial charge < -0.3 is 15.0 Å². The van der Waals surface area contributed by atoms with Crippen LogP contribution in [0.1, 0.15) is 16.2 Å². The molecule has 1 amide bonds. The Labute approximate surface area is 118 Å². The Hall–Kier alpha value is -2.08. The third-order valence-corrected chi connectivity index (χ3v) is 3.07. The van der Waals surface area contributed by atoms with Gasteiger partial charge in [0, 0.05) is 19.3 Å². The molecule has 20 heavy (non-hydrogen) atoms. The minimum Gasteiger partial charge on any atom is -0.493 e. The summed E-state index contributed by atoms with van der Waals surface area (Å²) in [5, 5.41) is 2.90. The van der Waals surface area contributed by atoms with E-state index in [2.05, 4.69) is 10.3 Å². The molecular formula is C14H20N4O2. The molecule has 1 N–H and O–H groups in total. The number of carbonyl (C=O) groups excluding carboxylic acids is 1. The fourth-order valence-corrected chi connectivity index (χ4v) is 2.07. The molecule has 0 spiro atoms. The second-order valence-corrected chi connectivity index (χ2v) is 4.88. The minimum atomic E-state index is -0.120. The number of imidazole rings is 1. The van der Waals surface area contributed by atoms with Gasteiger partial charge in [-0.3, -0.25) is 9.20 Å². The summed E-state index contributed by atoms with van der Waals surface area (Å²) in [6.45, 7) is 3.22. The van der Waals surface area contributed by atoms with Crippen LogP contribution in [-0.4, -0.2) is 54.5 Å². The first kappa shape index (κ1) is 14.3. The number of aromatic nitrogens is 2. The number of hydrogen-bond acceptors (Lipinski definition) is 4. The lowest BCUT2D eigenvalue weighted by molar-refractivity contribution is 0.0944. The van der Waals surface area contributed by atoms with E-state index in [4.69, 9.17) is 4.74 Å². The molecule has 2 rings (SSSR count). The Morgan fingerprint density at radius 3 is 2.90 bits per heavy atom. The van der Waals surface area contributed by atoms with Gasteiger partial charge in [0.25, 0.3) is 5.91 Å². The Morgan fingerprint density at radius 1 is 1.50 bits per heavy atom. The number of carbonyl (C=O) groups is 1. The molecule has 6 heteroatoms. The maximum atomic E-state index is 12.3.